The van der Waals surface area contributed by atoms with E-state index in [1.807, 2.05) is 0 Å². The molecule has 0 aliphatic carbocycles. The van der Waals surface area contributed by atoms with Gasteiger partial charge in [0.25, 0.3) is 0 Å². The molecular formula is C15H35InN2. The molecule has 0 atom stereocenters. The Balaban J connectivity index is 3.54. The molecule has 0 N–H and O–H groups in total. The average molecular weight is 358 g/mol. The molecular weight excluding hydrogens is 323 g/mol. The van der Waals surface area contributed by atoms with Crippen molar-refractivity contribution in [2.24, 2.45) is 0 Å². The van der Waals surface area contributed by atoms with Gasteiger partial charge in [0.1, 0.15) is 0 Å². The summed E-state index contributed by atoms with van der Waals surface area (Å²) < 4.78 is 5.84. The van der Waals surface area contributed by atoms with Crippen molar-refractivity contribution in [3.63, 3.8) is 0 Å². The SMILES string of the molecule is CCCN(CCC)CC[CH2][In]([CH3])[CH2]CCN(C)C. The van der Waals surface area contributed by atoms with Crippen LogP contribution in [-0.4, -0.2) is 71.5 Å². The Kier molecular flexibility index (Phi) is 13.4. The topological polar surface area (TPSA) is 6.48 Å². The summed E-state index contributed by atoms with van der Waals surface area (Å²) in [4.78, 5) is 4.99. The van der Waals surface area contributed by atoms with Crippen molar-refractivity contribution in [3.05, 3.63) is 0 Å². The van der Waals surface area contributed by atoms with Crippen LogP contribution in [0.5, 0.6) is 0 Å². The first kappa shape index (κ1) is 18.8. The van der Waals surface area contributed by atoms with Crippen molar-refractivity contribution >= 4 is 21.4 Å². The summed E-state index contributed by atoms with van der Waals surface area (Å²) >= 11 is -1.08. The third-order valence-electron chi connectivity index (χ3n) is 3.55. The van der Waals surface area contributed by atoms with E-state index >= 15 is 0 Å². The van der Waals surface area contributed by atoms with E-state index in [9.17, 15) is 0 Å². The summed E-state index contributed by atoms with van der Waals surface area (Å²) in [6.07, 6.45) is 5.53. The Labute approximate surface area is 124 Å². The summed E-state index contributed by atoms with van der Waals surface area (Å²) in [7, 11) is 4.38. The molecule has 0 amide bonds. The summed E-state index contributed by atoms with van der Waals surface area (Å²) in [5.41, 5.74) is 0. The Morgan fingerprint density at radius 3 is 1.72 bits per heavy atom. The van der Waals surface area contributed by atoms with Crippen LogP contribution in [0.3, 0.4) is 0 Å². The van der Waals surface area contributed by atoms with E-state index in [1.54, 1.807) is 8.35 Å². The molecule has 0 saturated heterocycles. The first-order chi connectivity index (χ1) is 8.60. The van der Waals surface area contributed by atoms with Crippen molar-refractivity contribution in [1.29, 1.82) is 0 Å². The fraction of sp³-hybridized carbons (Fsp3) is 1.00. The molecule has 0 bridgehead atoms. The first-order valence-corrected chi connectivity index (χ1v) is 15.9. The zero-order chi connectivity index (χ0) is 13.8. The fourth-order valence-electron chi connectivity index (χ4n) is 2.53. The number of nitrogens with zero attached hydrogens (tertiary/aromatic N) is 2. The van der Waals surface area contributed by atoms with Crippen molar-refractivity contribution in [3.8, 4) is 0 Å². The maximum absolute atomic E-state index is 2.67. The number of rotatable bonds is 12. The molecule has 3 heteroatoms. The van der Waals surface area contributed by atoms with Crippen LogP contribution in [0, 0.1) is 0 Å². The van der Waals surface area contributed by atoms with Crippen LogP contribution in [0.1, 0.15) is 39.5 Å². The van der Waals surface area contributed by atoms with Gasteiger partial charge in [-0.1, -0.05) is 0 Å². The molecule has 0 aliphatic heterocycles. The van der Waals surface area contributed by atoms with E-state index in [1.165, 1.54) is 51.9 Å². The van der Waals surface area contributed by atoms with Crippen LogP contribution in [0.15, 0.2) is 0 Å². The minimum atomic E-state index is -1.08. The Morgan fingerprint density at radius 1 is 0.778 bits per heavy atom. The van der Waals surface area contributed by atoms with Crippen molar-refractivity contribution in [2.75, 3.05) is 40.3 Å². The van der Waals surface area contributed by atoms with E-state index in [-0.39, 0.29) is 0 Å². The number of hydrogen-bond acceptors (Lipinski definition) is 2. The van der Waals surface area contributed by atoms with Gasteiger partial charge >= 0.3 is 124 Å². The zero-order valence-electron chi connectivity index (χ0n) is 13.5. The van der Waals surface area contributed by atoms with Gasteiger partial charge in [0, 0.05) is 0 Å². The van der Waals surface area contributed by atoms with Gasteiger partial charge in [-0.25, -0.2) is 0 Å². The molecule has 0 aliphatic rings. The molecule has 18 heavy (non-hydrogen) atoms. The van der Waals surface area contributed by atoms with Gasteiger partial charge < -0.3 is 0 Å². The standard InChI is InChI=1S/C9H20N.C5H12N.CH3.In/c1-4-7-10(8-5-2)9-6-3;1-4-5-6(2)3;;/h1,4-9H2,2-3H3;1,4-5H2,2-3H3;1H3;. The van der Waals surface area contributed by atoms with Gasteiger partial charge in [-0.2, -0.15) is 0 Å². The van der Waals surface area contributed by atoms with Gasteiger partial charge in [0.2, 0.25) is 0 Å². The molecule has 0 heterocycles. The predicted molar refractivity (Wildman–Crippen MR) is 86.0 cm³/mol. The third-order valence-corrected chi connectivity index (χ3v) is 11.5. The summed E-state index contributed by atoms with van der Waals surface area (Å²) in [6.45, 7) is 9.85. The zero-order valence-corrected chi connectivity index (χ0v) is 16.8. The van der Waals surface area contributed by atoms with Crippen LogP contribution in [-0.2, 0) is 0 Å². The maximum atomic E-state index is 2.67. The molecule has 0 aromatic heterocycles. The van der Waals surface area contributed by atoms with Crippen molar-refractivity contribution in [2.45, 2.75) is 52.6 Å². The normalized spacial score (nSPS) is 11.5. The summed E-state index contributed by atoms with van der Waals surface area (Å²) in [6, 6.07) is 0. The van der Waals surface area contributed by atoms with Crippen LogP contribution in [0.25, 0.3) is 0 Å². The number of hydrogen-bond donors (Lipinski definition) is 0. The van der Waals surface area contributed by atoms with Gasteiger partial charge in [0.05, 0.1) is 0 Å². The van der Waals surface area contributed by atoms with Crippen LogP contribution < -0.4 is 0 Å². The molecule has 0 spiro atoms. The monoisotopic (exact) mass is 358 g/mol. The summed E-state index contributed by atoms with van der Waals surface area (Å²) in [5.74, 6) is 0. The Morgan fingerprint density at radius 2 is 1.28 bits per heavy atom. The average Bonchev–Trinajstić information content (AvgIpc) is 2.29. The quantitative estimate of drug-likeness (QED) is 0.526. The van der Waals surface area contributed by atoms with Gasteiger partial charge in [-0.3, -0.25) is 0 Å². The van der Waals surface area contributed by atoms with E-state index in [4.69, 9.17) is 0 Å². The van der Waals surface area contributed by atoms with Gasteiger partial charge in [0.15, 0.2) is 0 Å². The molecule has 0 radical (unpaired) electrons. The molecule has 0 fully saturated rings. The first-order valence-electron chi connectivity index (χ1n) is 7.97. The van der Waals surface area contributed by atoms with E-state index in [0.29, 0.717) is 0 Å². The van der Waals surface area contributed by atoms with Gasteiger partial charge in [-0.15, -0.1) is 0 Å². The van der Waals surface area contributed by atoms with E-state index in [0.717, 1.165) is 0 Å². The third kappa shape index (κ3) is 11.9. The van der Waals surface area contributed by atoms with Crippen LogP contribution in [0.4, 0.5) is 0 Å². The Bertz CT molecular complexity index is 168. The Hall–Kier alpha value is 0.790. The van der Waals surface area contributed by atoms with Gasteiger partial charge in [-0.05, 0) is 0 Å². The van der Waals surface area contributed by atoms with Crippen LogP contribution in [0.2, 0.25) is 13.0 Å². The van der Waals surface area contributed by atoms with E-state index < -0.39 is 21.4 Å². The molecule has 0 rings (SSSR count). The summed E-state index contributed by atoms with van der Waals surface area (Å²) in [5, 5.41) is 0. The van der Waals surface area contributed by atoms with Crippen molar-refractivity contribution in [1.82, 2.24) is 9.80 Å². The molecule has 0 unspecified atom stereocenters. The molecule has 108 valence electrons. The van der Waals surface area contributed by atoms with E-state index in [2.05, 4.69) is 42.4 Å². The van der Waals surface area contributed by atoms with Crippen molar-refractivity contribution < 1.29 is 0 Å². The second kappa shape index (κ2) is 12.8. The fourth-order valence-corrected chi connectivity index (χ4v) is 8.38. The predicted octanol–water partition coefficient (Wildman–Crippen LogP) is 3.57. The second-order valence-electron chi connectivity index (χ2n) is 6.03. The minimum absolute atomic E-state index is 1.08. The second-order valence-corrected chi connectivity index (χ2v) is 15.6. The molecule has 0 saturated carbocycles. The molecule has 0 aromatic rings. The molecule has 0 aromatic carbocycles. The van der Waals surface area contributed by atoms with Crippen LogP contribution >= 0.6 is 0 Å². The molecule has 2 nitrogen and oxygen atoms in total.